The van der Waals surface area contributed by atoms with Gasteiger partial charge in [0.15, 0.2) is 0 Å². The lowest BCUT2D eigenvalue weighted by molar-refractivity contribution is 0.0784. The molecule has 0 aliphatic rings. The quantitative estimate of drug-likeness (QED) is 0.773. The standard InChI is InChI=1S/C20H24ClN3O2/c1-23(13-4-6-16-9-11-17(21)12-10-16)14-5-15-24(2)20(26)18-7-3-8-19(25)22-18/h3-4,6-12H,5,13-15H2,1-2H3,(H,22,25)/b6-4+. The van der Waals surface area contributed by atoms with Crippen molar-refractivity contribution in [1.29, 1.82) is 0 Å². The summed E-state index contributed by atoms with van der Waals surface area (Å²) in [6.07, 6.45) is 5.02. The molecule has 1 heterocycles. The second-order valence-electron chi connectivity index (χ2n) is 6.23. The largest absolute Gasteiger partial charge is 0.340 e. The molecule has 138 valence electrons. The molecule has 0 atom stereocenters. The lowest BCUT2D eigenvalue weighted by atomic mass is 10.2. The first kappa shape index (κ1) is 19.9. The van der Waals surface area contributed by atoms with Gasteiger partial charge in [0.05, 0.1) is 0 Å². The number of hydrogen-bond acceptors (Lipinski definition) is 3. The highest BCUT2D eigenvalue weighted by molar-refractivity contribution is 6.30. The number of nitrogens with zero attached hydrogens (tertiary/aromatic N) is 2. The summed E-state index contributed by atoms with van der Waals surface area (Å²) in [6.45, 7) is 2.32. The van der Waals surface area contributed by atoms with Crippen molar-refractivity contribution >= 4 is 23.6 Å². The third-order valence-electron chi connectivity index (χ3n) is 3.98. The average Bonchev–Trinajstić information content (AvgIpc) is 2.62. The topological polar surface area (TPSA) is 56.4 Å². The van der Waals surface area contributed by atoms with Crippen LogP contribution in [0.4, 0.5) is 0 Å². The number of carbonyl (C=O) groups is 1. The first-order chi connectivity index (χ1) is 12.5. The molecule has 2 aromatic rings. The maximum atomic E-state index is 12.2. The van der Waals surface area contributed by atoms with Crippen molar-refractivity contribution in [2.24, 2.45) is 0 Å². The van der Waals surface area contributed by atoms with Crippen LogP contribution in [-0.4, -0.2) is 54.4 Å². The van der Waals surface area contributed by atoms with Gasteiger partial charge < -0.3 is 14.8 Å². The van der Waals surface area contributed by atoms with E-state index in [9.17, 15) is 9.59 Å². The Morgan fingerprint density at radius 2 is 1.85 bits per heavy atom. The summed E-state index contributed by atoms with van der Waals surface area (Å²) in [5, 5.41) is 0.734. The van der Waals surface area contributed by atoms with Gasteiger partial charge in [-0.1, -0.05) is 42.0 Å². The SMILES string of the molecule is CN(C/C=C/c1ccc(Cl)cc1)CCCN(C)C(=O)c1cccc(=O)[nH]1. The summed E-state index contributed by atoms with van der Waals surface area (Å²) in [4.78, 5) is 29.9. The van der Waals surface area contributed by atoms with Crippen LogP contribution in [-0.2, 0) is 0 Å². The molecule has 0 unspecified atom stereocenters. The number of aromatic amines is 1. The summed E-state index contributed by atoms with van der Waals surface area (Å²) < 4.78 is 0. The summed E-state index contributed by atoms with van der Waals surface area (Å²) in [5.74, 6) is -0.173. The van der Waals surface area contributed by atoms with Gasteiger partial charge in [-0.25, -0.2) is 0 Å². The van der Waals surface area contributed by atoms with E-state index in [2.05, 4.69) is 22.0 Å². The fraction of sp³-hybridized carbons (Fsp3) is 0.300. The Kier molecular flexibility index (Phi) is 7.63. The van der Waals surface area contributed by atoms with E-state index in [-0.39, 0.29) is 11.5 Å². The van der Waals surface area contributed by atoms with E-state index in [0.717, 1.165) is 30.1 Å². The summed E-state index contributed by atoms with van der Waals surface area (Å²) in [6, 6.07) is 12.3. The number of H-pyrrole nitrogens is 1. The molecule has 1 aromatic carbocycles. The van der Waals surface area contributed by atoms with Gasteiger partial charge in [0.1, 0.15) is 5.69 Å². The molecule has 0 saturated heterocycles. The lowest BCUT2D eigenvalue weighted by Crippen LogP contribution is -2.31. The Bertz CT molecular complexity index is 799. The molecule has 0 aliphatic carbocycles. The molecular weight excluding hydrogens is 350 g/mol. The van der Waals surface area contributed by atoms with E-state index in [1.807, 2.05) is 31.3 Å². The van der Waals surface area contributed by atoms with Crippen molar-refractivity contribution in [3.05, 3.63) is 75.2 Å². The molecule has 2 rings (SSSR count). The van der Waals surface area contributed by atoms with E-state index in [4.69, 9.17) is 11.6 Å². The van der Waals surface area contributed by atoms with Gasteiger partial charge in [0, 0.05) is 31.2 Å². The highest BCUT2D eigenvalue weighted by Gasteiger charge is 2.12. The zero-order valence-electron chi connectivity index (χ0n) is 15.1. The minimum Gasteiger partial charge on any atom is -0.340 e. The number of carbonyl (C=O) groups excluding carboxylic acids is 1. The minimum absolute atomic E-state index is 0.173. The molecule has 6 heteroatoms. The average molecular weight is 374 g/mol. The molecular formula is C20H24ClN3O2. The van der Waals surface area contributed by atoms with Crippen LogP contribution in [0.3, 0.4) is 0 Å². The Labute approximate surface area is 158 Å². The first-order valence-corrected chi connectivity index (χ1v) is 8.89. The first-order valence-electron chi connectivity index (χ1n) is 8.51. The van der Waals surface area contributed by atoms with Crippen LogP contribution in [0.2, 0.25) is 5.02 Å². The third-order valence-corrected chi connectivity index (χ3v) is 4.23. The molecule has 5 nitrogen and oxygen atoms in total. The predicted octanol–water partition coefficient (Wildman–Crippen LogP) is 3.14. The molecule has 0 saturated carbocycles. The molecule has 26 heavy (non-hydrogen) atoms. The summed E-state index contributed by atoms with van der Waals surface area (Å²) >= 11 is 5.87. The molecule has 0 fully saturated rings. The number of rotatable bonds is 8. The van der Waals surface area contributed by atoms with Gasteiger partial charge in [0.25, 0.3) is 5.91 Å². The van der Waals surface area contributed by atoms with Crippen molar-refractivity contribution < 1.29 is 4.79 Å². The van der Waals surface area contributed by atoms with Gasteiger partial charge in [-0.2, -0.15) is 0 Å². The smallest absolute Gasteiger partial charge is 0.270 e. The highest BCUT2D eigenvalue weighted by atomic mass is 35.5. The Morgan fingerprint density at radius 3 is 2.54 bits per heavy atom. The predicted molar refractivity (Wildman–Crippen MR) is 107 cm³/mol. The second kappa shape index (κ2) is 9.94. The van der Waals surface area contributed by atoms with Crippen LogP contribution >= 0.6 is 11.6 Å². The number of aromatic nitrogens is 1. The molecule has 0 spiro atoms. The molecule has 1 aromatic heterocycles. The van der Waals surface area contributed by atoms with E-state index in [1.54, 1.807) is 24.1 Å². The van der Waals surface area contributed by atoms with E-state index >= 15 is 0 Å². The number of hydrogen-bond donors (Lipinski definition) is 1. The number of halogens is 1. The van der Waals surface area contributed by atoms with Crippen molar-refractivity contribution in [2.45, 2.75) is 6.42 Å². The van der Waals surface area contributed by atoms with Crippen molar-refractivity contribution in [2.75, 3.05) is 33.7 Å². The molecule has 0 radical (unpaired) electrons. The number of benzene rings is 1. The molecule has 0 bridgehead atoms. The Morgan fingerprint density at radius 1 is 1.12 bits per heavy atom. The lowest BCUT2D eigenvalue weighted by Gasteiger charge is -2.19. The van der Waals surface area contributed by atoms with Crippen LogP contribution in [0.1, 0.15) is 22.5 Å². The van der Waals surface area contributed by atoms with E-state index < -0.39 is 0 Å². The van der Waals surface area contributed by atoms with Crippen LogP contribution in [0, 0.1) is 0 Å². The maximum absolute atomic E-state index is 12.2. The van der Waals surface area contributed by atoms with E-state index in [1.165, 1.54) is 6.07 Å². The third kappa shape index (κ3) is 6.50. The number of nitrogens with one attached hydrogen (secondary N) is 1. The van der Waals surface area contributed by atoms with Crippen molar-refractivity contribution in [3.63, 3.8) is 0 Å². The van der Waals surface area contributed by atoms with Crippen LogP contribution < -0.4 is 5.56 Å². The Balaban J connectivity index is 1.71. The van der Waals surface area contributed by atoms with Gasteiger partial charge in [-0.3, -0.25) is 9.59 Å². The van der Waals surface area contributed by atoms with Crippen LogP contribution in [0.5, 0.6) is 0 Å². The monoisotopic (exact) mass is 373 g/mol. The van der Waals surface area contributed by atoms with Gasteiger partial charge >= 0.3 is 0 Å². The van der Waals surface area contributed by atoms with Gasteiger partial charge in [-0.15, -0.1) is 0 Å². The van der Waals surface area contributed by atoms with Crippen molar-refractivity contribution in [1.82, 2.24) is 14.8 Å². The number of pyridine rings is 1. The van der Waals surface area contributed by atoms with Crippen molar-refractivity contribution in [3.8, 4) is 0 Å². The summed E-state index contributed by atoms with van der Waals surface area (Å²) in [7, 11) is 3.79. The zero-order valence-corrected chi connectivity index (χ0v) is 15.9. The fourth-order valence-corrected chi connectivity index (χ4v) is 2.62. The second-order valence-corrected chi connectivity index (χ2v) is 6.66. The fourth-order valence-electron chi connectivity index (χ4n) is 2.49. The van der Waals surface area contributed by atoms with Gasteiger partial charge in [0.2, 0.25) is 5.56 Å². The molecule has 0 aliphatic heterocycles. The van der Waals surface area contributed by atoms with Crippen LogP contribution in [0.15, 0.2) is 53.3 Å². The number of amides is 1. The van der Waals surface area contributed by atoms with Gasteiger partial charge in [-0.05, 0) is 43.8 Å². The number of likely N-dealkylation sites (N-methyl/N-ethyl adjacent to an activating group) is 1. The molecule has 1 amide bonds. The minimum atomic E-state index is -0.267. The maximum Gasteiger partial charge on any atom is 0.270 e. The zero-order chi connectivity index (χ0) is 18.9. The summed E-state index contributed by atoms with van der Waals surface area (Å²) in [5.41, 5.74) is 1.17. The Hall–Kier alpha value is -2.37. The molecule has 1 N–H and O–H groups in total. The highest BCUT2D eigenvalue weighted by Crippen LogP contribution is 2.10. The van der Waals surface area contributed by atoms with Crippen LogP contribution in [0.25, 0.3) is 6.08 Å². The normalized spacial score (nSPS) is 11.2. The van der Waals surface area contributed by atoms with E-state index in [0.29, 0.717) is 12.2 Å².